The minimum absolute atomic E-state index is 0.00235. The zero-order chi connectivity index (χ0) is 14.3. The number of carbonyl (C=O) groups excluding carboxylic acids is 1. The molecular weight excluding hydrogens is 262 g/mol. The Morgan fingerprint density at radius 1 is 1.47 bits per heavy atom. The Balaban J connectivity index is 2.45. The maximum atomic E-state index is 11.6. The molecule has 1 aromatic rings. The largest absolute Gasteiger partial charge is 0.353 e. The monoisotopic (exact) mass is 285 g/mol. The number of nitrogens with two attached hydrogens (primary N) is 1. The van der Waals surface area contributed by atoms with Crippen molar-refractivity contribution in [2.75, 3.05) is 11.6 Å². The highest BCUT2D eigenvalue weighted by Crippen LogP contribution is 2.15. The minimum Gasteiger partial charge on any atom is -0.353 e. The third kappa shape index (κ3) is 5.10. The summed E-state index contributed by atoms with van der Waals surface area (Å²) in [6.45, 7) is 6.14. The van der Waals surface area contributed by atoms with Crippen LogP contribution < -0.4 is 11.2 Å². The second-order valence-corrected chi connectivity index (χ2v) is 5.48. The highest BCUT2D eigenvalue weighted by atomic mass is 32.2. The lowest BCUT2D eigenvalue weighted by Crippen LogP contribution is -2.33. The van der Waals surface area contributed by atoms with Crippen LogP contribution in [0.4, 0.5) is 0 Å². The third-order valence-corrected chi connectivity index (χ3v) is 3.78. The highest BCUT2D eigenvalue weighted by Gasteiger charge is 2.12. The van der Waals surface area contributed by atoms with Gasteiger partial charge in [-0.25, -0.2) is 4.68 Å². The van der Waals surface area contributed by atoms with Crippen LogP contribution in [-0.4, -0.2) is 32.6 Å². The maximum Gasteiger partial charge on any atom is 0.230 e. The van der Waals surface area contributed by atoms with Crippen molar-refractivity contribution >= 4 is 17.7 Å². The molecule has 0 aromatic carbocycles. The van der Waals surface area contributed by atoms with Gasteiger partial charge >= 0.3 is 0 Å². The van der Waals surface area contributed by atoms with Crippen molar-refractivity contribution in [1.29, 1.82) is 0 Å². The van der Waals surface area contributed by atoms with Crippen LogP contribution >= 0.6 is 11.8 Å². The van der Waals surface area contributed by atoms with E-state index in [4.69, 9.17) is 5.84 Å². The molecule has 0 aliphatic carbocycles. The highest BCUT2D eigenvalue weighted by molar-refractivity contribution is 7.99. The van der Waals surface area contributed by atoms with Crippen molar-refractivity contribution < 1.29 is 4.79 Å². The van der Waals surface area contributed by atoms with E-state index in [-0.39, 0.29) is 11.9 Å². The van der Waals surface area contributed by atoms with Crippen LogP contribution in [0, 0.1) is 0 Å². The average Bonchev–Trinajstić information content (AvgIpc) is 2.74. The molecule has 0 bridgehead atoms. The van der Waals surface area contributed by atoms with E-state index in [0.29, 0.717) is 10.9 Å². The molecular formula is C12H23N5OS. The number of aryl methyl sites for hydroxylation is 1. The van der Waals surface area contributed by atoms with Crippen molar-refractivity contribution in [2.24, 2.45) is 0 Å². The number of nitrogens with one attached hydrogen (secondary N) is 1. The van der Waals surface area contributed by atoms with E-state index in [0.717, 1.165) is 31.5 Å². The van der Waals surface area contributed by atoms with Crippen molar-refractivity contribution in [3.05, 3.63) is 5.82 Å². The molecule has 0 radical (unpaired) electrons. The zero-order valence-corrected chi connectivity index (χ0v) is 12.7. The fraction of sp³-hybridized carbons (Fsp3) is 0.750. The number of hydrogen-bond acceptors (Lipinski definition) is 5. The Morgan fingerprint density at radius 2 is 2.21 bits per heavy atom. The number of unbranched alkanes of at least 4 members (excludes halogenated alkanes) is 1. The summed E-state index contributed by atoms with van der Waals surface area (Å²) in [5.41, 5.74) is 0. The smallest absolute Gasteiger partial charge is 0.230 e. The second-order valence-electron chi connectivity index (χ2n) is 4.54. The molecule has 0 aliphatic heterocycles. The Morgan fingerprint density at radius 3 is 2.84 bits per heavy atom. The van der Waals surface area contributed by atoms with Gasteiger partial charge in [0.15, 0.2) is 5.82 Å². The lowest BCUT2D eigenvalue weighted by atomic mass is 10.2. The number of thioether (sulfide) groups is 1. The fourth-order valence-corrected chi connectivity index (χ4v) is 2.15. The normalized spacial score (nSPS) is 12.4. The van der Waals surface area contributed by atoms with Crippen LogP contribution in [0.1, 0.15) is 45.9 Å². The Bertz CT molecular complexity index is 407. The van der Waals surface area contributed by atoms with Crippen LogP contribution in [0.2, 0.25) is 0 Å². The minimum atomic E-state index is -0.00235. The molecule has 19 heavy (non-hydrogen) atoms. The molecule has 1 aromatic heterocycles. The second kappa shape index (κ2) is 8.04. The number of nitrogens with zero attached hydrogens (tertiary/aromatic N) is 3. The van der Waals surface area contributed by atoms with Gasteiger partial charge in [0, 0.05) is 12.5 Å². The van der Waals surface area contributed by atoms with Gasteiger partial charge in [-0.05, 0) is 19.8 Å². The zero-order valence-electron chi connectivity index (χ0n) is 11.8. The Hall–Kier alpha value is -1.24. The van der Waals surface area contributed by atoms with Gasteiger partial charge in [0.05, 0.1) is 5.75 Å². The van der Waals surface area contributed by atoms with Gasteiger partial charge in [0.1, 0.15) is 0 Å². The standard InChI is InChI=1S/C12H23N5OS/c1-4-6-7-10-15-16-12(17(10)13)19-8-11(18)14-9(3)5-2/h9H,4-8,13H2,1-3H3,(H,14,18)/t9-/m0/s1. The number of nitrogen functional groups attached to an aromatic ring is 1. The molecule has 0 saturated carbocycles. The first-order valence-corrected chi connectivity index (χ1v) is 7.68. The molecule has 0 fully saturated rings. The Kier molecular flexibility index (Phi) is 6.69. The molecule has 6 nitrogen and oxygen atoms in total. The van der Waals surface area contributed by atoms with Gasteiger partial charge < -0.3 is 11.2 Å². The van der Waals surface area contributed by atoms with E-state index in [9.17, 15) is 4.79 Å². The van der Waals surface area contributed by atoms with Crippen LogP contribution in [0.5, 0.6) is 0 Å². The van der Waals surface area contributed by atoms with E-state index in [1.165, 1.54) is 16.4 Å². The summed E-state index contributed by atoms with van der Waals surface area (Å²) < 4.78 is 1.48. The summed E-state index contributed by atoms with van der Waals surface area (Å²) in [7, 11) is 0. The van der Waals surface area contributed by atoms with Gasteiger partial charge in [0.25, 0.3) is 0 Å². The molecule has 3 N–H and O–H groups in total. The maximum absolute atomic E-state index is 11.6. The number of aromatic nitrogens is 3. The van der Waals surface area contributed by atoms with Crippen LogP contribution in [0.3, 0.4) is 0 Å². The van der Waals surface area contributed by atoms with Gasteiger partial charge in [-0.15, -0.1) is 10.2 Å². The predicted octanol–water partition coefficient (Wildman–Crippen LogP) is 1.34. The summed E-state index contributed by atoms with van der Waals surface area (Å²) >= 11 is 1.31. The summed E-state index contributed by atoms with van der Waals surface area (Å²) in [6.07, 6.45) is 3.87. The van der Waals surface area contributed by atoms with E-state index >= 15 is 0 Å². The molecule has 1 atom stereocenters. The first-order valence-electron chi connectivity index (χ1n) is 6.70. The summed E-state index contributed by atoms with van der Waals surface area (Å²) in [6, 6.07) is 0.198. The third-order valence-electron chi connectivity index (χ3n) is 2.84. The molecule has 0 spiro atoms. The van der Waals surface area contributed by atoms with E-state index in [1.807, 2.05) is 13.8 Å². The van der Waals surface area contributed by atoms with E-state index in [2.05, 4.69) is 22.4 Å². The number of carbonyl (C=O) groups is 1. The van der Waals surface area contributed by atoms with Gasteiger partial charge in [-0.2, -0.15) is 0 Å². The molecule has 1 heterocycles. The molecule has 0 saturated heterocycles. The van der Waals surface area contributed by atoms with Crippen LogP contribution in [-0.2, 0) is 11.2 Å². The Labute approximate surface area is 118 Å². The average molecular weight is 285 g/mol. The predicted molar refractivity (Wildman–Crippen MR) is 77.4 cm³/mol. The quantitative estimate of drug-likeness (QED) is 0.556. The molecule has 1 amide bonds. The SMILES string of the molecule is CCCCc1nnc(SCC(=O)N[C@@H](C)CC)n1N. The number of amides is 1. The lowest BCUT2D eigenvalue weighted by molar-refractivity contribution is -0.119. The van der Waals surface area contributed by atoms with Crippen molar-refractivity contribution in [3.8, 4) is 0 Å². The van der Waals surface area contributed by atoms with Gasteiger partial charge in [0.2, 0.25) is 11.1 Å². The van der Waals surface area contributed by atoms with Crippen molar-refractivity contribution in [3.63, 3.8) is 0 Å². The van der Waals surface area contributed by atoms with E-state index in [1.54, 1.807) is 0 Å². The molecule has 0 unspecified atom stereocenters. The molecule has 7 heteroatoms. The fourth-order valence-electron chi connectivity index (χ4n) is 1.46. The van der Waals surface area contributed by atoms with Gasteiger partial charge in [-0.1, -0.05) is 32.0 Å². The summed E-state index contributed by atoms with van der Waals surface area (Å²) in [4.78, 5) is 11.6. The number of hydrogen-bond donors (Lipinski definition) is 2. The van der Waals surface area contributed by atoms with Crippen LogP contribution in [0.15, 0.2) is 5.16 Å². The van der Waals surface area contributed by atoms with Crippen molar-refractivity contribution in [2.45, 2.75) is 57.7 Å². The molecule has 108 valence electrons. The summed E-state index contributed by atoms with van der Waals surface area (Å²) in [5, 5.41) is 11.5. The first kappa shape index (κ1) is 15.8. The molecule has 0 aliphatic rings. The lowest BCUT2D eigenvalue weighted by Gasteiger charge is -2.10. The first-order chi connectivity index (χ1) is 9.08. The van der Waals surface area contributed by atoms with Gasteiger partial charge in [-0.3, -0.25) is 4.79 Å². The van der Waals surface area contributed by atoms with E-state index < -0.39 is 0 Å². The molecule has 1 rings (SSSR count). The van der Waals surface area contributed by atoms with Crippen molar-refractivity contribution in [1.82, 2.24) is 20.2 Å². The topological polar surface area (TPSA) is 85.8 Å². The number of rotatable bonds is 8. The van der Waals surface area contributed by atoms with Crippen LogP contribution in [0.25, 0.3) is 0 Å². The summed E-state index contributed by atoms with van der Waals surface area (Å²) in [5.74, 6) is 6.98.